The molecule has 3 heteroatoms. The van der Waals surface area contributed by atoms with Crippen LogP contribution in [0.4, 0.5) is 0 Å². The van der Waals surface area contributed by atoms with Crippen molar-refractivity contribution in [3.63, 3.8) is 0 Å². The van der Waals surface area contributed by atoms with Crippen LogP contribution in [0.3, 0.4) is 0 Å². The van der Waals surface area contributed by atoms with Gasteiger partial charge in [-0.2, -0.15) is 5.10 Å². The third kappa shape index (κ3) is 4.04. The quantitative estimate of drug-likeness (QED) is 0.823. The third-order valence-electron chi connectivity index (χ3n) is 2.32. The lowest BCUT2D eigenvalue weighted by Gasteiger charge is -2.20. The Morgan fingerprint density at radius 3 is 2.60 bits per heavy atom. The Balaban J connectivity index is 2.50. The summed E-state index contributed by atoms with van der Waals surface area (Å²) < 4.78 is 2.08. The Kier molecular flexibility index (Phi) is 3.91. The molecular formula is C12H23N3. The van der Waals surface area contributed by atoms with Crippen molar-refractivity contribution in [1.82, 2.24) is 15.1 Å². The maximum Gasteiger partial charge on any atom is 0.0596 e. The Bertz CT molecular complexity index is 307. The predicted octanol–water partition coefficient (Wildman–Crippen LogP) is 2.14. The number of hydrogen-bond acceptors (Lipinski definition) is 2. The molecule has 0 aliphatic heterocycles. The van der Waals surface area contributed by atoms with Gasteiger partial charge < -0.3 is 5.32 Å². The number of nitrogens with zero attached hydrogens (tertiary/aromatic N) is 2. The molecule has 0 saturated carbocycles. The average molecular weight is 209 g/mol. The Hall–Kier alpha value is -0.830. The topological polar surface area (TPSA) is 29.9 Å². The normalized spacial score (nSPS) is 12.1. The minimum absolute atomic E-state index is 0.201. The number of hydrogen-bond donors (Lipinski definition) is 1. The first-order chi connectivity index (χ1) is 6.92. The summed E-state index contributed by atoms with van der Waals surface area (Å²) in [6.45, 7) is 12.7. The van der Waals surface area contributed by atoms with E-state index in [1.807, 2.05) is 6.92 Å². The molecule has 0 aliphatic rings. The second kappa shape index (κ2) is 4.79. The van der Waals surface area contributed by atoms with E-state index in [0.29, 0.717) is 0 Å². The van der Waals surface area contributed by atoms with Crippen molar-refractivity contribution < 1.29 is 0 Å². The van der Waals surface area contributed by atoms with E-state index in [2.05, 4.69) is 48.9 Å². The molecule has 0 radical (unpaired) electrons. The predicted molar refractivity (Wildman–Crippen MR) is 64.1 cm³/mol. The van der Waals surface area contributed by atoms with Crippen LogP contribution in [0, 0.1) is 6.92 Å². The molecule has 1 rings (SSSR count). The molecule has 1 aromatic heterocycles. The van der Waals surface area contributed by atoms with Gasteiger partial charge >= 0.3 is 0 Å². The van der Waals surface area contributed by atoms with Gasteiger partial charge in [0.1, 0.15) is 0 Å². The lowest BCUT2D eigenvalue weighted by molar-refractivity contribution is 0.425. The zero-order valence-corrected chi connectivity index (χ0v) is 10.6. The highest BCUT2D eigenvalue weighted by atomic mass is 15.3. The molecule has 0 amide bonds. The molecule has 1 heterocycles. The highest BCUT2D eigenvalue weighted by Gasteiger charge is 2.09. The van der Waals surface area contributed by atoms with Crippen molar-refractivity contribution in [3.05, 3.63) is 17.5 Å². The van der Waals surface area contributed by atoms with E-state index in [1.165, 1.54) is 5.69 Å². The maximum atomic E-state index is 4.43. The zero-order valence-electron chi connectivity index (χ0n) is 10.6. The van der Waals surface area contributed by atoms with Crippen LogP contribution in [0.1, 0.15) is 39.1 Å². The highest BCUT2D eigenvalue weighted by Crippen LogP contribution is 2.05. The summed E-state index contributed by atoms with van der Waals surface area (Å²) in [6, 6.07) is 2.17. The fraction of sp³-hybridized carbons (Fsp3) is 0.750. The summed E-state index contributed by atoms with van der Waals surface area (Å²) >= 11 is 0. The molecule has 0 aliphatic carbocycles. The molecule has 3 nitrogen and oxygen atoms in total. The summed E-state index contributed by atoms with van der Waals surface area (Å²) in [4.78, 5) is 0. The van der Waals surface area contributed by atoms with E-state index in [9.17, 15) is 0 Å². The number of aromatic nitrogens is 2. The van der Waals surface area contributed by atoms with E-state index in [1.54, 1.807) is 0 Å². The minimum atomic E-state index is 0.201. The first kappa shape index (κ1) is 12.2. The second-order valence-corrected chi connectivity index (χ2v) is 5.02. The molecule has 0 bridgehead atoms. The molecule has 0 aromatic carbocycles. The summed E-state index contributed by atoms with van der Waals surface area (Å²) in [5, 5.41) is 7.92. The van der Waals surface area contributed by atoms with E-state index in [0.717, 1.165) is 25.2 Å². The summed E-state index contributed by atoms with van der Waals surface area (Å²) in [5.41, 5.74) is 2.64. The number of aryl methyl sites for hydroxylation is 2. The van der Waals surface area contributed by atoms with Crippen molar-refractivity contribution in [3.8, 4) is 0 Å². The van der Waals surface area contributed by atoms with Crippen LogP contribution in [0.25, 0.3) is 0 Å². The standard InChI is InChI=1S/C12H23N3/c1-6-15-11(9-10(2)14-15)7-8-13-12(3,4)5/h9,13H,6-8H2,1-5H3. The van der Waals surface area contributed by atoms with Gasteiger partial charge in [0.05, 0.1) is 5.69 Å². The lowest BCUT2D eigenvalue weighted by atomic mass is 10.1. The van der Waals surface area contributed by atoms with Crippen LogP contribution in [0.2, 0.25) is 0 Å². The molecule has 0 spiro atoms. The number of rotatable bonds is 4. The Labute approximate surface area is 92.9 Å². The summed E-state index contributed by atoms with van der Waals surface area (Å²) in [5.74, 6) is 0. The van der Waals surface area contributed by atoms with Gasteiger partial charge in [-0.1, -0.05) is 0 Å². The van der Waals surface area contributed by atoms with E-state index >= 15 is 0 Å². The van der Waals surface area contributed by atoms with E-state index in [4.69, 9.17) is 0 Å². The van der Waals surface area contributed by atoms with Gasteiger partial charge in [0.2, 0.25) is 0 Å². The van der Waals surface area contributed by atoms with Gasteiger partial charge in [0, 0.05) is 30.7 Å². The van der Waals surface area contributed by atoms with Crippen LogP contribution < -0.4 is 5.32 Å². The van der Waals surface area contributed by atoms with Crippen molar-refractivity contribution >= 4 is 0 Å². The number of nitrogens with one attached hydrogen (secondary N) is 1. The molecule has 1 N–H and O–H groups in total. The molecule has 0 unspecified atom stereocenters. The monoisotopic (exact) mass is 209 g/mol. The molecule has 15 heavy (non-hydrogen) atoms. The van der Waals surface area contributed by atoms with Crippen LogP contribution >= 0.6 is 0 Å². The van der Waals surface area contributed by atoms with Gasteiger partial charge in [-0.3, -0.25) is 4.68 Å². The second-order valence-electron chi connectivity index (χ2n) is 5.02. The molecule has 1 aromatic rings. The van der Waals surface area contributed by atoms with Crippen LogP contribution in [-0.4, -0.2) is 21.9 Å². The minimum Gasteiger partial charge on any atom is -0.312 e. The maximum absolute atomic E-state index is 4.43. The Morgan fingerprint density at radius 1 is 1.40 bits per heavy atom. The highest BCUT2D eigenvalue weighted by molar-refractivity contribution is 5.09. The first-order valence-electron chi connectivity index (χ1n) is 5.71. The van der Waals surface area contributed by atoms with Crippen LogP contribution in [0.5, 0.6) is 0 Å². The largest absolute Gasteiger partial charge is 0.312 e. The Morgan fingerprint density at radius 2 is 2.07 bits per heavy atom. The lowest BCUT2D eigenvalue weighted by Crippen LogP contribution is -2.37. The summed E-state index contributed by atoms with van der Waals surface area (Å²) in [6.07, 6.45) is 1.05. The van der Waals surface area contributed by atoms with Gasteiger partial charge in [-0.25, -0.2) is 0 Å². The van der Waals surface area contributed by atoms with E-state index in [-0.39, 0.29) is 5.54 Å². The van der Waals surface area contributed by atoms with Gasteiger partial charge in [0.15, 0.2) is 0 Å². The fourth-order valence-corrected chi connectivity index (χ4v) is 1.64. The third-order valence-corrected chi connectivity index (χ3v) is 2.32. The first-order valence-corrected chi connectivity index (χ1v) is 5.71. The molecule has 0 saturated heterocycles. The van der Waals surface area contributed by atoms with Crippen molar-refractivity contribution in [2.24, 2.45) is 0 Å². The molecule has 0 fully saturated rings. The van der Waals surface area contributed by atoms with Gasteiger partial charge in [-0.05, 0) is 40.7 Å². The average Bonchev–Trinajstić information content (AvgIpc) is 2.44. The van der Waals surface area contributed by atoms with Gasteiger partial charge in [0.25, 0.3) is 0 Å². The molecular weight excluding hydrogens is 186 g/mol. The summed E-state index contributed by atoms with van der Waals surface area (Å²) in [7, 11) is 0. The molecule has 86 valence electrons. The van der Waals surface area contributed by atoms with Crippen molar-refractivity contribution in [2.45, 2.75) is 53.1 Å². The van der Waals surface area contributed by atoms with Gasteiger partial charge in [-0.15, -0.1) is 0 Å². The van der Waals surface area contributed by atoms with Crippen molar-refractivity contribution in [1.29, 1.82) is 0 Å². The fourth-order valence-electron chi connectivity index (χ4n) is 1.64. The SMILES string of the molecule is CCn1nc(C)cc1CCNC(C)(C)C. The van der Waals surface area contributed by atoms with E-state index < -0.39 is 0 Å². The zero-order chi connectivity index (χ0) is 11.5. The van der Waals surface area contributed by atoms with Crippen LogP contribution in [-0.2, 0) is 13.0 Å². The van der Waals surface area contributed by atoms with Crippen molar-refractivity contribution in [2.75, 3.05) is 6.54 Å². The molecule has 0 atom stereocenters. The van der Waals surface area contributed by atoms with Crippen LogP contribution in [0.15, 0.2) is 6.07 Å². The smallest absolute Gasteiger partial charge is 0.0596 e.